The van der Waals surface area contributed by atoms with Gasteiger partial charge in [-0.15, -0.1) is 12.4 Å². The summed E-state index contributed by atoms with van der Waals surface area (Å²) in [5.74, 6) is -3.36. The molecular formula is C10H16ClF2N3O4S2. The van der Waals surface area contributed by atoms with Crippen molar-refractivity contribution >= 4 is 32.5 Å². The summed E-state index contributed by atoms with van der Waals surface area (Å²) in [6.07, 6.45) is 0. The van der Waals surface area contributed by atoms with Gasteiger partial charge in [-0.05, 0) is 31.3 Å². The first-order valence-corrected chi connectivity index (χ1v) is 8.62. The van der Waals surface area contributed by atoms with Gasteiger partial charge >= 0.3 is 0 Å². The minimum absolute atomic E-state index is 0. The second-order valence-electron chi connectivity index (χ2n) is 4.06. The average Bonchev–Trinajstić information content (AvgIpc) is 2.45. The van der Waals surface area contributed by atoms with Crippen LogP contribution in [0.15, 0.2) is 34.1 Å². The molecule has 0 atom stereocenters. The van der Waals surface area contributed by atoms with E-state index in [0.29, 0.717) is 0 Å². The Hall–Kier alpha value is -0.850. The van der Waals surface area contributed by atoms with E-state index >= 15 is 0 Å². The fourth-order valence-corrected chi connectivity index (χ4v) is 3.06. The molecule has 12 heteroatoms. The van der Waals surface area contributed by atoms with Crippen molar-refractivity contribution in [2.24, 2.45) is 5.73 Å². The number of rotatable bonds is 7. The maximum atomic E-state index is 12.9. The molecule has 0 aliphatic rings. The highest BCUT2D eigenvalue weighted by atomic mass is 35.5. The van der Waals surface area contributed by atoms with Crippen LogP contribution in [0.4, 0.5) is 8.78 Å². The van der Waals surface area contributed by atoms with Crippen molar-refractivity contribution in [3.63, 3.8) is 0 Å². The van der Waals surface area contributed by atoms with Crippen LogP contribution in [-0.4, -0.2) is 42.9 Å². The third-order valence-corrected chi connectivity index (χ3v) is 5.38. The zero-order valence-electron chi connectivity index (χ0n) is 11.4. The number of hydrogen-bond donors (Lipinski definition) is 3. The highest BCUT2D eigenvalue weighted by molar-refractivity contribution is 7.90. The maximum Gasteiger partial charge on any atom is 0.273 e. The fraction of sp³-hybridized carbons (Fsp3) is 0.400. The molecule has 0 radical (unpaired) electrons. The van der Waals surface area contributed by atoms with Gasteiger partial charge in [-0.3, -0.25) is 0 Å². The third kappa shape index (κ3) is 5.41. The van der Waals surface area contributed by atoms with Crippen molar-refractivity contribution in [1.82, 2.24) is 9.44 Å². The molecule has 0 bridgehead atoms. The molecule has 4 N–H and O–H groups in total. The standard InChI is InChI=1S/C10H15F2N3O4S2.ClH/c1-14-20(16,17)8-2-4-9(5-3-8)21(18,19)15-7-10(11,12)6-13;/h2-5,14-15H,6-7,13H2,1H3;1H. The Kier molecular flexibility index (Phi) is 7.32. The number of benzene rings is 1. The highest BCUT2D eigenvalue weighted by Crippen LogP contribution is 2.15. The van der Waals surface area contributed by atoms with Crippen LogP contribution >= 0.6 is 12.4 Å². The quantitative estimate of drug-likeness (QED) is 0.610. The summed E-state index contributed by atoms with van der Waals surface area (Å²) in [4.78, 5) is -0.471. The van der Waals surface area contributed by atoms with Crippen LogP contribution < -0.4 is 15.2 Å². The molecule has 0 spiro atoms. The van der Waals surface area contributed by atoms with Gasteiger partial charge in [-0.1, -0.05) is 0 Å². The molecule has 7 nitrogen and oxygen atoms in total. The van der Waals surface area contributed by atoms with Gasteiger partial charge < -0.3 is 5.73 Å². The normalized spacial score (nSPS) is 12.7. The molecule has 0 saturated carbocycles. The number of hydrogen-bond acceptors (Lipinski definition) is 5. The van der Waals surface area contributed by atoms with Crippen molar-refractivity contribution in [1.29, 1.82) is 0 Å². The number of nitrogens with one attached hydrogen (secondary N) is 2. The maximum absolute atomic E-state index is 12.9. The molecule has 0 heterocycles. The summed E-state index contributed by atoms with van der Waals surface area (Å²) in [5.41, 5.74) is 4.80. The number of halogens is 3. The Bertz CT molecular complexity index is 693. The van der Waals surface area contributed by atoms with Gasteiger partial charge in [0.25, 0.3) is 5.92 Å². The van der Waals surface area contributed by atoms with E-state index in [1.807, 2.05) is 0 Å². The topological polar surface area (TPSA) is 118 Å². The lowest BCUT2D eigenvalue weighted by atomic mass is 10.3. The number of sulfonamides is 2. The van der Waals surface area contributed by atoms with Crippen molar-refractivity contribution in [3.8, 4) is 0 Å². The summed E-state index contributed by atoms with van der Waals surface area (Å²) >= 11 is 0. The number of alkyl halides is 2. The molecule has 0 aliphatic carbocycles. The van der Waals surface area contributed by atoms with Crippen LogP contribution in [0.1, 0.15) is 0 Å². The number of nitrogens with two attached hydrogens (primary N) is 1. The molecule has 128 valence electrons. The van der Waals surface area contributed by atoms with E-state index in [-0.39, 0.29) is 22.2 Å². The largest absolute Gasteiger partial charge is 0.325 e. The molecule has 1 aromatic rings. The molecule has 1 aromatic carbocycles. The summed E-state index contributed by atoms with van der Waals surface area (Å²) in [6.45, 7) is -2.13. The molecule has 0 saturated heterocycles. The monoisotopic (exact) mass is 379 g/mol. The Balaban J connectivity index is 0.00000441. The smallest absolute Gasteiger partial charge is 0.273 e. The van der Waals surface area contributed by atoms with Crippen LogP contribution in [0.5, 0.6) is 0 Å². The SMILES string of the molecule is CNS(=O)(=O)c1ccc(S(=O)(=O)NCC(F)(F)CN)cc1.Cl. The molecule has 22 heavy (non-hydrogen) atoms. The third-order valence-electron chi connectivity index (χ3n) is 2.53. The Morgan fingerprint density at radius 3 is 1.82 bits per heavy atom. The highest BCUT2D eigenvalue weighted by Gasteiger charge is 2.29. The van der Waals surface area contributed by atoms with Crippen LogP contribution in [0.25, 0.3) is 0 Å². The van der Waals surface area contributed by atoms with Gasteiger partial charge in [0, 0.05) is 0 Å². The van der Waals surface area contributed by atoms with Gasteiger partial charge in [-0.2, -0.15) is 0 Å². The first kappa shape index (κ1) is 21.1. The van der Waals surface area contributed by atoms with Gasteiger partial charge in [0.15, 0.2) is 0 Å². The summed E-state index contributed by atoms with van der Waals surface area (Å²) in [5, 5.41) is 0. The molecule has 1 rings (SSSR count). The van der Waals surface area contributed by atoms with E-state index in [0.717, 1.165) is 24.3 Å². The van der Waals surface area contributed by atoms with Crippen LogP contribution in [0.3, 0.4) is 0 Å². The molecule has 0 fully saturated rings. The van der Waals surface area contributed by atoms with Gasteiger partial charge in [0.2, 0.25) is 20.0 Å². The van der Waals surface area contributed by atoms with E-state index in [1.54, 1.807) is 4.72 Å². The van der Waals surface area contributed by atoms with E-state index in [1.165, 1.54) is 7.05 Å². The lowest BCUT2D eigenvalue weighted by Gasteiger charge is -2.14. The van der Waals surface area contributed by atoms with Crippen LogP contribution in [0.2, 0.25) is 0 Å². The summed E-state index contributed by atoms with van der Waals surface area (Å²) < 4.78 is 76.1. The van der Waals surface area contributed by atoms with E-state index in [4.69, 9.17) is 5.73 Å². The fourth-order valence-electron chi connectivity index (χ4n) is 1.27. The minimum atomic E-state index is -4.17. The van der Waals surface area contributed by atoms with Crippen molar-refractivity contribution in [2.45, 2.75) is 15.7 Å². The zero-order valence-corrected chi connectivity index (χ0v) is 13.9. The predicted octanol–water partition coefficient (Wildman–Crippen LogP) is -0.111. The first-order chi connectivity index (χ1) is 9.54. The average molecular weight is 380 g/mol. The Morgan fingerprint density at radius 1 is 1.05 bits per heavy atom. The van der Waals surface area contributed by atoms with E-state index < -0.39 is 39.1 Å². The van der Waals surface area contributed by atoms with Crippen molar-refractivity contribution in [3.05, 3.63) is 24.3 Å². The molecule has 0 aromatic heterocycles. The Morgan fingerprint density at radius 2 is 1.45 bits per heavy atom. The van der Waals surface area contributed by atoms with Crippen LogP contribution in [0, 0.1) is 0 Å². The minimum Gasteiger partial charge on any atom is -0.325 e. The zero-order chi connectivity index (χ0) is 16.3. The van der Waals surface area contributed by atoms with Crippen LogP contribution in [-0.2, 0) is 20.0 Å². The summed E-state index contributed by atoms with van der Waals surface area (Å²) in [6, 6.07) is 4.13. The second kappa shape index (κ2) is 7.62. The molecule has 0 unspecified atom stereocenters. The van der Waals surface area contributed by atoms with E-state index in [9.17, 15) is 25.6 Å². The van der Waals surface area contributed by atoms with Gasteiger partial charge in [0.1, 0.15) is 0 Å². The predicted molar refractivity (Wildman–Crippen MR) is 79.1 cm³/mol. The molecular weight excluding hydrogens is 364 g/mol. The molecule has 0 amide bonds. The van der Waals surface area contributed by atoms with Gasteiger partial charge in [0.05, 0.1) is 22.9 Å². The molecule has 0 aliphatic heterocycles. The van der Waals surface area contributed by atoms with Gasteiger partial charge in [-0.25, -0.2) is 35.1 Å². The second-order valence-corrected chi connectivity index (χ2v) is 7.72. The Labute approximate surface area is 133 Å². The lowest BCUT2D eigenvalue weighted by Crippen LogP contribution is -2.41. The van der Waals surface area contributed by atoms with E-state index in [2.05, 4.69) is 4.72 Å². The lowest BCUT2D eigenvalue weighted by molar-refractivity contribution is 0.0170. The first-order valence-electron chi connectivity index (χ1n) is 5.65. The summed E-state index contributed by atoms with van der Waals surface area (Å²) in [7, 11) is -6.67. The van der Waals surface area contributed by atoms with Crippen molar-refractivity contribution < 1.29 is 25.6 Å². The van der Waals surface area contributed by atoms with Crippen molar-refractivity contribution in [2.75, 3.05) is 20.1 Å².